The van der Waals surface area contributed by atoms with Crippen molar-refractivity contribution in [3.8, 4) is 23.0 Å². The van der Waals surface area contributed by atoms with E-state index in [1.54, 1.807) is 28.4 Å². The van der Waals surface area contributed by atoms with Crippen molar-refractivity contribution >= 4 is 5.91 Å². The van der Waals surface area contributed by atoms with Gasteiger partial charge in [0.15, 0.2) is 23.0 Å². The molecule has 2 aliphatic rings. The number of carbonyl (C=O) groups excluding carboxylic acids is 1. The average Bonchev–Trinajstić information content (AvgIpc) is 2.88. The molecule has 0 aromatic heterocycles. The highest BCUT2D eigenvalue weighted by Gasteiger charge is 2.35. The van der Waals surface area contributed by atoms with Crippen LogP contribution in [0, 0.1) is 5.92 Å². The van der Waals surface area contributed by atoms with Crippen molar-refractivity contribution < 1.29 is 23.7 Å². The Hall–Kier alpha value is -2.89. The number of hydrogen-bond acceptors (Lipinski definition) is 5. The molecule has 1 fully saturated rings. The van der Waals surface area contributed by atoms with E-state index in [-0.39, 0.29) is 12.0 Å². The first-order chi connectivity index (χ1) is 16.1. The van der Waals surface area contributed by atoms with Crippen LogP contribution in [-0.4, -0.2) is 45.8 Å². The van der Waals surface area contributed by atoms with Crippen molar-refractivity contribution in [3.63, 3.8) is 0 Å². The Morgan fingerprint density at radius 3 is 2.15 bits per heavy atom. The molecule has 6 heteroatoms. The van der Waals surface area contributed by atoms with Gasteiger partial charge >= 0.3 is 0 Å². The van der Waals surface area contributed by atoms with Crippen molar-refractivity contribution in [1.82, 2.24) is 4.90 Å². The molecule has 1 unspecified atom stereocenters. The third-order valence-electron chi connectivity index (χ3n) is 7.12. The van der Waals surface area contributed by atoms with Crippen molar-refractivity contribution in [2.45, 2.75) is 51.0 Å². The summed E-state index contributed by atoms with van der Waals surface area (Å²) in [5.41, 5.74) is 3.45. The van der Waals surface area contributed by atoms with Gasteiger partial charge < -0.3 is 23.8 Å². The Bertz CT molecular complexity index is 983. The predicted octanol–water partition coefficient (Wildman–Crippen LogP) is 4.97. The van der Waals surface area contributed by atoms with E-state index in [0.717, 1.165) is 55.5 Å². The van der Waals surface area contributed by atoms with Gasteiger partial charge in [-0.3, -0.25) is 4.79 Å². The average molecular weight is 454 g/mol. The smallest absolute Gasteiger partial charge is 0.226 e. The van der Waals surface area contributed by atoms with Crippen LogP contribution in [-0.2, 0) is 17.6 Å². The number of hydrogen-bond donors (Lipinski definition) is 0. The van der Waals surface area contributed by atoms with E-state index in [9.17, 15) is 4.79 Å². The molecule has 33 heavy (non-hydrogen) atoms. The van der Waals surface area contributed by atoms with Crippen LogP contribution in [0.1, 0.15) is 54.8 Å². The summed E-state index contributed by atoms with van der Waals surface area (Å²) in [6.45, 7) is 0.718. The van der Waals surface area contributed by atoms with Crippen molar-refractivity contribution in [3.05, 3.63) is 47.0 Å². The van der Waals surface area contributed by atoms with Gasteiger partial charge in [-0.1, -0.05) is 25.3 Å². The summed E-state index contributed by atoms with van der Waals surface area (Å²) in [5.74, 6) is 3.25. The highest BCUT2D eigenvalue weighted by atomic mass is 16.5. The molecule has 0 saturated heterocycles. The first-order valence-corrected chi connectivity index (χ1v) is 11.9. The maximum Gasteiger partial charge on any atom is 0.226 e. The van der Waals surface area contributed by atoms with Crippen LogP contribution in [0.5, 0.6) is 23.0 Å². The topological polar surface area (TPSA) is 57.2 Å². The standard InChI is InChI=1S/C27H35NO5/c1-30-23-11-10-18(15-24(23)31-2)14-22-21-17-26(33-4)25(32-3)16-20(21)12-13-28(22)27(29)19-8-6-5-7-9-19/h10-11,15-17,19,22H,5-9,12-14H2,1-4H3. The molecule has 1 saturated carbocycles. The first-order valence-electron chi connectivity index (χ1n) is 11.9. The lowest BCUT2D eigenvalue weighted by Crippen LogP contribution is -2.44. The second kappa shape index (κ2) is 10.4. The lowest BCUT2D eigenvalue weighted by molar-refractivity contribution is -0.139. The zero-order valence-electron chi connectivity index (χ0n) is 20.2. The Labute approximate surface area is 196 Å². The summed E-state index contributed by atoms with van der Waals surface area (Å²) >= 11 is 0. The highest BCUT2D eigenvalue weighted by Crippen LogP contribution is 2.41. The molecule has 0 spiro atoms. The van der Waals surface area contributed by atoms with Crippen LogP contribution in [0.3, 0.4) is 0 Å². The van der Waals surface area contributed by atoms with E-state index in [4.69, 9.17) is 18.9 Å². The van der Waals surface area contributed by atoms with Gasteiger partial charge in [0.1, 0.15) is 0 Å². The molecule has 2 aromatic rings. The lowest BCUT2D eigenvalue weighted by Gasteiger charge is -2.40. The SMILES string of the molecule is COc1ccc(CC2c3cc(OC)c(OC)cc3CCN2C(=O)C2CCCCC2)cc1OC. The maximum atomic E-state index is 13.7. The minimum absolute atomic E-state index is 0.0684. The van der Waals surface area contributed by atoms with Gasteiger partial charge in [0.25, 0.3) is 0 Å². The monoisotopic (exact) mass is 453 g/mol. The van der Waals surface area contributed by atoms with Crippen LogP contribution in [0.15, 0.2) is 30.3 Å². The quantitative estimate of drug-likeness (QED) is 0.592. The Morgan fingerprint density at radius 1 is 0.848 bits per heavy atom. The van der Waals surface area contributed by atoms with E-state index < -0.39 is 0 Å². The van der Waals surface area contributed by atoms with Gasteiger partial charge in [-0.25, -0.2) is 0 Å². The van der Waals surface area contributed by atoms with Crippen molar-refractivity contribution in [2.24, 2.45) is 5.92 Å². The van der Waals surface area contributed by atoms with Crippen LogP contribution in [0.4, 0.5) is 0 Å². The molecule has 1 atom stereocenters. The van der Waals surface area contributed by atoms with Gasteiger partial charge in [0.2, 0.25) is 5.91 Å². The first kappa shape index (κ1) is 23.3. The van der Waals surface area contributed by atoms with Crippen LogP contribution in [0.2, 0.25) is 0 Å². The fourth-order valence-electron chi connectivity index (χ4n) is 5.33. The molecular weight excluding hydrogens is 418 g/mol. The summed E-state index contributed by atoms with van der Waals surface area (Å²) in [6, 6.07) is 10.1. The molecule has 1 aliphatic heterocycles. The molecule has 0 bridgehead atoms. The number of rotatable bonds is 7. The minimum Gasteiger partial charge on any atom is -0.493 e. The van der Waals surface area contributed by atoms with E-state index in [2.05, 4.69) is 23.1 Å². The predicted molar refractivity (Wildman–Crippen MR) is 128 cm³/mol. The summed E-state index contributed by atoms with van der Waals surface area (Å²) < 4.78 is 22.1. The van der Waals surface area contributed by atoms with Crippen molar-refractivity contribution in [2.75, 3.05) is 35.0 Å². The van der Waals surface area contributed by atoms with Gasteiger partial charge in [0, 0.05) is 12.5 Å². The lowest BCUT2D eigenvalue weighted by atomic mass is 9.84. The number of carbonyl (C=O) groups is 1. The Kier molecular flexibility index (Phi) is 7.31. The fourth-order valence-corrected chi connectivity index (χ4v) is 5.33. The third kappa shape index (κ3) is 4.75. The van der Waals surface area contributed by atoms with Gasteiger partial charge in [-0.15, -0.1) is 0 Å². The van der Waals surface area contributed by atoms with E-state index in [1.165, 1.54) is 12.0 Å². The molecule has 1 amide bonds. The molecule has 1 aliphatic carbocycles. The summed E-state index contributed by atoms with van der Waals surface area (Å²) in [5, 5.41) is 0. The third-order valence-corrected chi connectivity index (χ3v) is 7.12. The minimum atomic E-state index is -0.0684. The molecule has 6 nitrogen and oxygen atoms in total. The molecule has 0 N–H and O–H groups in total. The fraction of sp³-hybridized carbons (Fsp3) is 0.519. The largest absolute Gasteiger partial charge is 0.493 e. The number of nitrogens with zero attached hydrogens (tertiary/aromatic N) is 1. The number of methoxy groups -OCH3 is 4. The van der Waals surface area contributed by atoms with Gasteiger partial charge in [-0.05, 0) is 66.6 Å². The summed E-state index contributed by atoms with van der Waals surface area (Å²) in [6.07, 6.45) is 7.03. The Balaban J connectivity index is 1.73. The van der Waals surface area contributed by atoms with Crippen LogP contribution in [0.25, 0.3) is 0 Å². The van der Waals surface area contributed by atoms with Crippen LogP contribution < -0.4 is 18.9 Å². The van der Waals surface area contributed by atoms with Gasteiger partial charge in [-0.2, -0.15) is 0 Å². The van der Waals surface area contributed by atoms with E-state index in [0.29, 0.717) is 29.6 Å². The summed E-state index contributed by atoms with van der Waals surface area (Å²) in [4.78, 5) is 15.8. The van der Waals surface area contributed by atoms with Gasteiger partial charge in [0.05, 0.1) is 34.5 Å². The number of fused-ring (bicyclic) bond motifs is 1. The Morgan fingerprint density at radius 2 is 1.48 bits per heavy atom. The van der Waals surface area contributed by atoms with Crippen LogP contribution >= 0.6 is 0 Å². The molecule has 1 heterocycles. The number of amides is 1. The highest BCUT2D eigenvalue weighted by molar-refractivity contribution is 5.80. The molecule has 178 valence electrons. The zero-order valence-corrected chi connectivity index (χ0v) is 20.2. The summed E-state index contributed by atoms with van der Waals surface area (Å²) in [7, 11) is 6.60. The zero-order chi connectivity index (χ0) is 23.4. The number of ether oxygens (including phenoxy) is 4. The molecule has 4 rings (SSSR count). The second-order valence-electron chi connectivity index (χ2n) is 8.93. The normalized spacial score (nSPS) is 18.4. The molecule has 0 radical (unpaired) electrons. The molecular formula is C27H35NO5. The van der Waals surface area contributed by atoms with Crippen molar-refractivity contribution in [1.29, 1.82) is 0 Å². The maximum absolute atomic E-state index is 13.7. The van der Waals surface area contributed by atoms with E-state index >= 15 is 0 Å². The number of benzene rings is 2. The van der Waals surface area contributed by atoms with E-state index in [1.807, 2.05) is 12.1 Å². The second-order valence-corrected chi connectivity index (χ2v) is 8.93. The molecule has 2 aromatic carbocycles.